The Morgan fingerprint density at radius 2 is 0.940 bits per heavy atom. The lowest BCUT2D eigenvalue weighted by molar-refractivity contribution is -0.159. The van der Waals surface area contributed by atoms with E-state index in [4.69, 9.17) is 41.2 Å². The van der Waals surface area contributed by atoms with E-state index in [9.17, 15) is 9.59 Å². The summed E-state index contributed by atoms with van der Waals surface area (Å²) in [5.74, 6) is -0.200. The standard InChI is InChI=1S/C38H42N6O6/c39-35(40)29-11-15-31(16-12-29)49-25-33(47-23-27-7-3-1-4-8-27)21-43-19-20-44(38(46)37(43)45)22-34(48-24-28-9-5-2-6-10-28)26-50-32-17-13-30(14-18-32)36(41)42/h1-18,33-34H,19-26H2,(H3,39,40)(H3,41,42). The Morgan fingerprint density at radius 1 is 0.580 bits per heavy atom. The van der Waals surface area contributed by atoms with Gasteiger partial charge in [-0.25, -0.2) is 0 Å². The molecule has 260 valence electrons. The average molecular weight is 679 g/mol. The fraction of sp³-hybridized carbons (Fsp3) is 0.263. The first-order chi connectivity index (χ1) is 24.2. The Bertz CT molecular complexity index is 1590. The Morgan fingerprint density at radius 3 is 1.28 bits per heavy atom. The minimum Gasteiger partial charge on any atom is -0.491 e. The molecule has 4 aromatic carbocycles. The van der Waals surface area contributed by atoms with Crippen molar-refractivity contribution in [3.05, 3.63) is 131 Å². The molecule has 5 rings (SSSR count). The van der Waals surface area contributed by atoms with Crippen LogP contribution in [-0.2, 0) is 32.3 Å². The summed E-state index contributed by atoms with van der Waals surface area (Å²) in [6, 6.07) is 33.0. The second kappa shape index (κ2) is 17.6. The van der Waals surface area contributed by atoms with E-state index >= 15 is 0 Å². The Hall–Kier alpha value is -5.72. The van der Waals surface area contributed by atoms with Gasteiger partial charge < -0.3 is 40.2 Å². The molecule has 1 aliphatic heterocycles. The van der Waals surface area contributed by atoms with Crippen LogP contribution in [0.4, 0.5) is 0 Å². The molecule has 12 nitrogen and oxygen atoms in total. The lowest BCUT2D eigenvalue weighted by Gasteiger charge is -2.36. The minimum atomic E-state index is -0.627. The van der Waals surface area contributed by atoms with Crippen LogP contribution in [0.25, 0.3) is 0 Å². The highest BCUT2D eigenvalue weighted by Gasteiger charge is 2.35. The van der Waals surface area contributed by atoms with E-state index < -0.39 is 24.0 Å². The number of piperazine rings is 1. The number of hydrogen-bond donors (Lipinski definition) is 4. The minimum absolute atomic E-state index is 0.0370. The van der Waals surface area contributed by atoms with Crippen LogP contribution in [0.1, 0.15) is 22.3 Å². The summed E-state index contributed by atoms with van der Waals surface area (Å²) >= 11 is 0. The van der Waals surface area contributed by atoms with Gasteiger partial charge in [0.25, 0.3) is 0 Å². The van der Waals surface area contributed by atoms with Crippen LogP contribution in [0.5, 0.6) is 11.5 Å². The summed E-state index contributed by atoms with van der Waals surface area (Å²) in [6.07, 6.45) is -1.06. The van der Waals surface area contributed by atoms with Gasteiger partial charge in [0.05, 0.1) is 26.3 Å². The van der Waals surface area contributed by atoms with E-state index in [0.717, 1.165) is 11.1 Å². The van der Waals surface area contributed by atoms with Gasteiger partial charge in [-0.3, -0.25) is 20.4 Å². The normalized spacial score (nSPS) is 14.2. The first kappa shape index (κ1) is 35.6. The van der Waals surface area contributed by atoms with Gasteiger partial charge in [0, 0.05) is 24.2 Å². The van der Waals surface area contributed by atoms with Crippen molar-refractivity contribution in [3.8, 4) is 11.5 Å². The van der Waals surface area contributed by atoms with E-state index in [1.54, 1.807) is 48.5 Å². The molecule has 0 radical (unpaired) electrons. The van der Waals surface area contributed by atoms with E-state index in [0.29, 0.717) is 48.9 Å². The summed E-state index contributed by atoms with van der Waals surface area (Å²) in [7, 11) is 0. The molecule has 1 fully saturated rings. The zero-order valence-corrected chi connectivity index (χ0v) is 27.7. The van der Waals surface area contributed by atoms with Crippen molar-refractivity contribution >= 4 is 23.5 Å². The molecule has 12 heteroatoms. The zero-order chi connectivity index (χ0) is 35.3. The van der Waals surface area contributed by atoms with E-state index in [1.165, 1.54) is 9.80 Å². The topological polar surface area (TPSA) is 177 Å². The van der Waals surface area contributed by atoms with Crippen molar-refractivity contribution in [3.63, 3.8) is 0 Å². The fourth-order valence-electron chi connectivity index (χ4n) is 5.28. The fourth-order valence-corrected chi connectivity index (χ4v) is 5.28. The maximum absolute atomic E-state index is 13.5. The van der Waals surface area contributed by atoms with Crippen molar-refractivity contribution in [2.75, 3.05) is 39.4 Å². The maximum Gasteiger partial charge on any atom is 0.312 e. The molecule has 0 saturated carbocycles. The van der Waals surface area contributed by atoms with E-state index in [1.807, 2.05) is 60.7 Å². The van der Waals surface area contributed by atoms with Gasteiger partial charge in [-0.1, -0.05) is 60.7 Å². The SMILES string of the molecule is N=C(N)c1ccc(OCC(CN2CCN(CC(COc3ccc(C(=N)N)cc3)OCc3ccccc3)C(=O)C2=O)OCc2ccccc2)cc1. The summed E-state index contributed by atoms with van der Waals surface area (Å²) in [4.78, 5) is 29.9. The molecule has 1 saturated heterocycles. The quantitative estimate of drug-likeness (QED) is 0.0702. The van der Waals surface area contributed by atoms with Gasteiger partial charge in [0.15, 0.2) is 0 Å². The highest BCUT2D eigenvalue weighted by atomic mass is 16.5. The second-order valence-corrected chi connectivity index (χ2v) is 11.8. The largest absolute Gasteiger partial charge is 0.491 e. The van der Waals surface area contributed by atoms with E-state index in [-0.39, 0.29) is 38.0 Å². The molecular weight excluding hydrogens is 636 g/mol. The van der Waals surface area contributed by atoms with Crippen LogP contribution in [0, 0.1) is 10.8 Å². The van der Waals surface area contributed by atoms with Gasteiger partial charge in [-0.2, -0.15) is 0 Å². The Labute approximate surface area is 291 Å². The lowest BCUT2D eigenvalue weighted by Crippen LogP contribution is -2.58. The molecule has 1 aliphatic rings. The van der Waals surface area contributed by atoms with Crippen LogP contribution in [0.15, 0.2) is 109 Å². The molecule has 2 atom stereocenters. The highest BCUT2D eigenvalue weighted by Crippen LogP contribution is 2.17. The molecule has 0 aromatic heterocycles. The van der Waals surface area contributed by atoms with Crippen molar-refractivity contribution in [2.45, 2.75) is 25.4 Å². The van der Waals surface area contributed by atoms with Crippen LogP contribution >= 0.6 is 0 Å². The molecule has 50 heavy (non-hydrogen) atoms. The van der Waals surface area contributed by atoms with Crippen molar-refractivity contribution in [2.24, 2.45) is 11.5 Å². The average Bonchev–Trinajstić information content (AvgIpc) is 3.14. The van der Waals surface area contributed by atoms with Crippen LogP contribution < -0.4 is 20.9 Å². The number of amides is 2. The first-order valence-electron chi connectivity index (χ1n) is 16.3. The van der Waals surface area contributed by atoms with Gasteiger partial charge in [0.2, 0.25) is 0 Å². The summed E-state index contributed by atoms with van der Waals surface area (Å²) in [5.41, 5.74) is 14.2. The Kier molecular flexibility index (Phi) is 12.5. The molecule has 1 heterocycles. The lowest BCUT2D eigenvalue weighted by atomic mass is 10.2. The third-order valence-corrected chi connectivity index (χ3v) is 8.10. The smallest absolute Gasteiger partial charge is 0.312 e. The van der Waals surface area contributed by atoms with E-state index in [2.05, 4.69) is 0 Å². The van der Waals surface area contributed by atoms with Gasteiger partial charge in [-0.15, -0.1) is 0 Å². The highest BCUT2D eigenvalue weighted by molar-refractivity contribution is 6.35. The molecule has 2 amide bonds. The van der Waals surface area contributed by atoms with Gasteiger partial charge in [-0.05, 0) is 59.7 Å². The third-order valence-electron chi connectivity index (χ3n) is 8.10. The number of ether oxygens (including phenoxy) is 4. The summed E-state index contributed by atoms with van der Waals surface area (Å²) in [5, 5.41) is 15.2. The van der Waals surface area contributed by atoms with Crippen LogP contribution in [-0.4, -0.2) is 84.9 Å². The number of nitrogens with two attached hydrogens (primary N) is 2. The number of amidine groups is 2. The van der Waals surface area contributed by atoms with Gasteiger partial charge in [0.1, 0.15) is 48.6 Å². The van der Waals surface area contributed by atoms with Crippen LogP contribution in [0.2, 0.25) is 0 Å². The molecular formula is C38H42N6O6. The second-order valence-electron chi connectivity index (χ2n) is 11.8. The molecule has 4 aromatic rings. The zero-order valence-electron chi connectivity index (χ0n) is 27.7. The number of nitrogens with one attached hydrogen (secondary N) is 2. The van der Waals surface area contributed by atoms with Gasteiger partial charge >= 0.3 is 11.8 Å². The van der Waals surface area contributed by atoms with Crippen molar-refractivity contribution in [1.29, 1.82) is 10.8 Å². The van der Waals surface area contributed by atoms with Crippen molar-refractivity contribution < 1.29 is 28.5 Å². The predicted molar refractivity (Wildman–Crippen MR) is 189 cm³/mol. The number of nitrogens with zero attached hydrogens (tertiary/aromatic N) is 2. The number of hydrogen-bond acceptors (Lipinski definition) is 8. The summed E-state index contributed by atoms with van der Waals surface area (Å²) < 4.78 is 24.4. The monoisotopic (exact) mass is 678 g/mol. The molecule has 6 N–H and O–H groups in total. The third kappa shape index (κ3) is 10.4. The predicted octanol–water partition coefficient (Wildman–Crippen LogP) is 3.55. The number of carbonyl (C=O) groups is 2. The molecule has 0 spiro atoms. The molecule has 2 unspecified atom stereocenters. The molecule has 0 aliphatic carbocycles. The number of carbonyl (C=O) groups excluding carboxylic acids is 2. The molecule has 0 bridgehead atoms. The Balaban J connectivity index is 1.21. The number of benzene rings is 4. The number of nitrogen functional groups attached to an aromatic ring is 2. The summed E-state index contributed by atoms with van der Waals surface area (Å²) in [6.45, 7) is 1.80. The van der Waals surface area contributed by atoms with Crippen LogP contribution in [0.3, 0.4) is 0 Å². The number of rotatable bonds is 18. The first-order valence-corrected chi connectivity index (χ1v) is 16.3. The van der Waals surface area contributed by atoms with Crippen molar-refractivity contribution in [1.82, 2.24) is 9.80 Å². The maximum atomic E-state index is 13.5.